The average Bonchev–Trinajstić information content (AvgIpc) is 3.62. The number of rotatable bonds is 6. The van der Waals surface area contributed by atoms with Crippen molar-refractivity contribution in [3.05, 3.63) is 41.7 Å². The predicted octanol–water partition coefficient (Wildman–Crippen LogP) is 4.19. The summed E-state index contributed by atoms with van der Waals surface area (Å²) in [7, 11) is 1.58. The highest BCUT2D eigenvalue weighted by molar-refractivity contribution is 5.92. The lowest BCUT2D eigenvalue weighted by molar-refractivity contribution is -0.114. The van der Waals surface area contributed by atoms with E-state index in [2.05, 4.69) is 27.5 Å². The zero-order chi connectivity index (χ0) is 22.4. The molecule has 1 fully saturated rings. The molecule has 1 amide bonds. The van der Waals surface area contributed by atoms with E-state index >= 15 is 0 Å². The number of amides is 1. The van der Waals surface area contributed by atoms with Gasteiger partial charge in [0.15, 0.2) is 0 Å². The maximum Gasteiger partial charge on any atom is 0.222 e. The molecule has 0 aromatic carbocycles. The van der Waals surface area contributed by atoms with Gasteiger partial charge < -0.3 is 20.5 Å². The highest BCUT2D eigenvalue weighted by Crippen LogP contribution is 2.34. The van der Waals surface area contributed by atoms with Crippen molar-refractivity contribution in [2.45, 2.75) is 65.0 Å². The number of hydrogen-bond acceptors (Lipinski definition) is 6. The third-order valence-corrected chi connectivity index (χ3v) is 5.08. The minimum absolute atomic E-state index is 0.106. The Morgan fingerprint density at radius 3 is 2.68 bits per heavy atom. The van der Waals surface area contributed by atoms with Gasteiger partial charge in [-0.15, -0.1) is 0 Å². The molecule has 1 aliphatic heterocycles. The summed E-state index contributed by atoms with van der Waals surface area (Å²) in [5.41, 5.74) is 3.52. The van der Waals surface area contributed by atoms with Crippen LogP contribution in [0.15, 0.2) is 36.2 Å². The SMILES string of the molecule is C1CC1.CCCC(O)C1C=C(C)C(c2cc3cnc(NC(C)=O)cc3nc2OC)=CN1. The van der Waals surface area contributed by atoms with Gasteiger partial charge in [-0.3, -0.25) is 4.79 Å². The van der Waals surface area contributed by atoms with Crippen LogP contribution >= 0.6 is 0 Å². The number of aromatic nitrogens is 2. The molecule has 1 saturated carbocycles. The van der Waals surface area contributed by atoms with Crippen LogP contribution < -0.4 is 15.4 Å². The van der Waals surface area contributed by atoms with Crippen molar-refractivity contribution in [3.63, 3.8) is 0 Å². The zero-order valence-electron chi connectivity index (χ0n) is 18.7. The van der Waals surface area contributed by atoms with Gasteiger partial charge in [0, 0.05) is 41.9 Å². The van der Waals surface area contributed by atoms with Crippen molar-refractivity contribution in [2.75, 3.05) is 12.4 Å². The van der Waals surface area contributed by atoms with E-state index in [9.17, 15) is 9.90 Å². The molecule has 1 aliphatic carbocycles. The minimum atomic E-state index is -0.425. The Bertz CT molecular complexity index is 995. The zero-order valence-corrected chi connectivity index (χ0v) is 18.7. The Balaban J connectivity index is 0.000000834. The standard InChI is InChI=1S/C21H26N4O3.C3H6/c1-5-6-19(27)18-7-12(2)16(11-22-18)15-8-14-10-23-20(24-13(3)26)9-17(14)25-21(15)28-4;1-2-3-1/h7-11,18-19,22,27H,5-6H2,1-4H3,(H,23,24,26);1-3H2. The maximum absolute atomic E-state index is 11.2. The second-order valence-electron chi connectivity index (χ2n) is 8.01. The monoisotopic (exact) mass is 424 g/mol. The largest absolute Gasteiger partial charge is 0.481 e. The smallest absolute Gasteiger partial charge is 0.222 e. The molecule has 0 spiro atoms. The number of ether oxygens (including phenoxy) is 1. The highest BCUT2D eigenvalue weighted by Gasteiger charge is 2.22. The quantitative estimate of drug-likeness (QED) is 0.644. The number of anilines is 1. The van der Waals surface area contributed by atoms with Gasteiger partial charge in [-0.25, -0.2) is 9.97 Å². The summed E-state index contributed by atoms with van der Waals surface area (Å²) >= 11 is 0. The van der Waals surface area contributed by atoms with Crippen LogP contribution in [0.25, 0.3) is 16.5 Å². The number of carbonyl (C=O) groups is 1. The third-order valence-electron chi connectivity index (χ3n) is 5.08. The molecule has 166 valence electrons. The summed E-state index contributed by atoms with van der Waals surface area (Å²) in [5, 5.41) is 17.0. The van der Waals surface area contributed by atoms with Gasteiger partial charge in [0.25, 0.3) is 0 Å². The summed E-state index contributed by atoms with van der Waals surface area (Å²) < 4.78 is 5.52. The number of nitrogens with one attached hydrogen (secondary N) is 2. The number of hydrogen-bond donors (Lipinski definition) is 3. The molecule has 0 bridgehead atoms. The molecule has 0 saturated heterocycles. The van der Waals surface area contributed by atoms with Crippen molar-refractivity contribution in [2.24, 2.45) is 0 Å². The number of allylic oxidation sites excluding steroid dienone is 2. The van der Waals surface area contributed by atoms with Crippen LogP contribution in [0.2, 0.25) is 0 Å². The molecular weight excluding hydrogens is 392 g/mol. The van der Waals surface area contributed by atoms with Crippen molar-refractivity contribution < 1.29 is 14.6 Å². The summed E-state index contributed by atoms with van der Waals surface area (Å²) in [6.45, 7) is 5.51. The van der Waals surface area contributed by atoms with Crippen LogP contribution in [0.5, 0.6) is 5.88 Å². The first-order valence-electron chi connectivity index (χ1n) is 10.9. The molecule has 31 heavy (non-hydrogen) atoms. The first-order valence-corrected chi connectivity index (χ1v) is 10.9. The molecule has 4 rings (SSSR count). The molecule has 3 heterocycles. The van der Waals surface area contributed by atoms with Crippen LogP contribution in [0.4, 0.5) is 5.82 Å². The van der Waals surface area contributed by atoms with E-state index in [4.69, 9.17) is 4.74 Å². The molecule has 7 heteroatoms. The van der Waals surface area contributed by atoms with Gasteiger partial charge in [0.1, 0.15) is 5.82 Å². The van der Waals surface area contributed by atoms with Crippen LogP contribution in [0, 0.1) is 0 Å². The number of dihydropyridines is 1. The van der Waals surface area contributed by atoms with E-state index in [1.54, 1.807) is 19.4 Å². The number of carbonyl (C=O) groups excluding carboxylic acids is 1. The molecule has 2 aromatic heterocycles. The Morgan fingerprint density at radius 1 is 1.35 bits per heavy atom. The predicted molar refractivity (Wildman–Crippen MR) is 124 cm³/mol. The van der Waals surface area contributed by atoms with E-state index in [1.807, 2.05) is 25.3 Å². The van der Waals surface area contributed by atoms with Gasteiger partial charge in [0.05, 0.1) is 24.8 Å². The first-order chi connectivity index (χ1) is 14.9. The lowest BCUT2D eigenvalue weighted by Gasteiger charge is -2.26. The fourth-order valence-electron chi connectivity index (χ4n) is 3.34. The second-order valence-corrected chi connectivity index (χ2v) is 8.01. The van der Waals surface area contributed by atoms with E-state index in [1.165, 1.54) is 26.2 Å². The molecule has 2 aromatic rings. The van der Waals surface area contributed by atoms with Crippen molar-refractivity contribution >= 4 is 28.2 Å². The number of aliphatic hydroxyl groups is 1. The lowest BCUT2D eigenvalue weighted by atomic mass is 9.93. The number of aliphatic hydroxyl groups excluding tert-OH is 1. The van der Waals surface area contributed by atoms with E-state index < -0.39 is 6.10 Å². The van der Waals surface area contributed by atoms with Crippen molar-refractivity contribution in [1.29, 1.82) is 0 Å². The fraction of sp³-hybridized carbons (Fsp3) is 0.458. The summed E-state index contributed by atoms with van der Waals surface area (Å²) in [5.74, 6) is 0.750. The Kier molecular flexibility index (Phi) is 7.63. The number of fused-ring (bicyclic) bond motifs is 1. The molecule has 0 radical (unpaired) electrons. The van der Waals surface area contributed by atoms with Gasteiger partial charge in [-0.05, 0) is 25.0 Å². The summed E-state index contributed by atoms with van der Waals surface area (Å²) in [4.78, 5) is 20.1. The average molecular weight is 425 g/mol. The Labute approximate surface area is 183 Å². The fourth-order valence-corrected chi connectivity index (χ4v) is 3.34. The highest BCUT2D eigenvalue weighted by atomic mass is 16.5. The van der Waals surface area contributed by atoms with Gasteiger partial charge in [-0.1, -0.05) is 38.7 Å². The van der Waals surface area contributed by atoms with E-state index in [0.717, 1.165) is 34.9 Å². The van der Waals surface area contributed by atoms with E-state index in [-0.39, 0.29) is 11.9 Å². The van der Waals surface area contributed by atoms with Gasteiger partial charge in [0.2, 0.25) is 11.8 Å². The Morgan fingerprint density at radius 2 is 2.10 bits per heavy atom. The number of pyridine rings is 2. The van der Waals surface area contributed by atoms with E-state index in [0.29, 0.717) is 17.2 Å². The summed E-state index contributed by atoms with van der Waals surface area (Å²) in [6.07, 6.45) is 11.4. The molecular formula is C24H32N4O3. The lowest BCUT2D eigenvalue weighted by Crippen LogP contribution is -2.37. The second kappa shape index (κ2) is 10.4. The van der Waals surface area contributed by atoms with Crippen LogP contribution in [-0.4, -0.2) is 40.2 Å². The van der Waals surface area contributed by atoms with Crippen molar-refractivity contribution in [3.8, 4) is 5.88 Å². The maximum atomic E-state index is 11.2. The summed E-state index contributed by atoms with van der Waals surface area (Å²) in [6, 6.07) is 3.58. The van der Waals surface area contributed by atoms with Gasteiger partial charge >= 0.3 is 0 Å². The van der Waals surface area contributed by atoms with Crippen LogP contribution in [0.3, 0.4) is 0 Å². The number of nitrogens with zero attached hydrogens (tertiary/aromatic N) is 2. The first kappa shape index (κ1) is 22.7. The normalized spacial score (nSPS) is 18.0. The Hall–Kier alpha value is -2.93. The topological polar surface area (TPSA) is 96.4 Å². The molecule has 2 atom stereocenters. The minimum Gasteiger partial charge on any atom is -0.481 e. The van der Waals surface area contributed by atoms with Gasteiger partial charge in [-0.2, -0.15) is 0 Å². The molecule has 7 nitrogen and oxygen atoms in total. The third kappa shape index (κ3) is 6.04. The van der Waals surface area contributed by atoms with Crippen molar-refractivity contribution in [1.82, 2.24) is 15.3 Å². The number of methoxy groups -OCH3 is 1. The molecule has 3 N–H and O–H groups in total. The van der Waals surface area contributed by atoms with Crippen LogP contribution in [0.1, 0.15) is 58.4 Å². The van der Waals surface area contributed by atoms with Crippen LogP contribution in [-0.2, 0) is 4.79 Å². The molecule has 2 unspecified atom stereocenters. The molecule has 2 aliphatic rings.